The smallest absolute Gasteiger partial charge is 0.184 e. The molecule has 0 saturated carbocycles. The van der Waals surface area contributed by atoms with Crippen molar-refractivity contribution in [3.05, 3.63) is 100 Å². The number of fused-ring (bicyclic) bond motifs is 1. The van der Waals surface area contributed by atoms with Gasteiger partial charge in [0.15, 0.2) is 6.29 Å². The molecule has 5 rings (SSSR count). The fourth-order valence-electron chi connectivity index (χ4n) is 4.64. The van der Waals surface area contributed by atoms with Gasteiger partial charge < -0.3 is 24.1 Å². The molecule has 2 heterocycles. The van der Waals surface area contributed by atoms with Crippen LogP contribution < -0.4 is 4.74 Å². The van der Waals surface area contributed by atoms with Gasteiger partial charge in [-0.1, -0.05) is 66.2 Å². The molecule has 0 radical (unpaired) electrons. The van der Waals surface area contributed by atoms with Crippen LogP contribution in [0.1, 0.15) is 48.0 Å². The molecule has 2 saturated heterocycles. The lowest BCUT2D eigenvalue weighted by Gasteiger charge is -2.44. The van der Waals surface area contributed by atoms with Crippen LogP contribution >= 0.6 is 11.6 Å². The Morgan fingerprint density at radius 3 is 2.53 bits per heavy atom. The highest BCUT2D eigenvalue weighted by Gasteiger charge is 2.44. The predicted molar refractivity (Wildman–Crippen MR) is 130 cm³/mol. The SMILES string of the molecule is CCOc1ccc(Cc2cc(C3CC(O)[C@@H]4OC(c5ccccc5)OCC4O3)ccc2Cl)cc1. The van der Waals surface area contributed by atoms with Gasteiger partial charge in [0.25, 0.3) is 0 Å². The second-order valence-electron chi connectivity index (χ2n) is 8.75. The van der Waals surface area contributed by atoms with Crippen molar-refractivity contribution < 1.29 is 24.1 Å². The van der Waals surface area contributed by atoms with E-state index in [2.05, 4.69) is 18.2 Å². The molecule has 5 atom stereocenters. The van der Waals surface area contributed by atoms with E-state index in [1.807, 2.05) is 61.5 Å². The Morgan fingerprint density at radius 2 is 1.76 bits per heavy atom. The van der Waals surface area contributed by atoms with Gasteiger partial charge in [-0.05, 0) is 48.2 Å². The Bertz CT molecular complexity index is 1090. The number of hydrogen-bond acceptors (Lipinski definition) is 5. The molecule has 34 heavy (non-hydrogen) atoms. The van der Waals surface area contributed by atoms with E-state index in [-0.39, 0.29) is 12.2 Å². The zero-order valence-corrected chi connectivity index (χ0v) is 19.9. The Labute approximate surface area is 205 Å². The van der Waals surface area contributed by atoms with Crippen LogP contribution in [-0.2, 0) is 20.6 Å². The minimum atomic E-state index is -0.649. The minimum absolute atomic E-state index is 0.256. The average Bonchev–Trinajstić information content (AvgIpc) is 2.87. The van der Waals surface area contributed by atoms with E-state index in [0.717, 1.165) is 28.0 Å². The molecule has 2 aliphatic heterocycles. The molecule has 0 amide bonds. The summed E-state index contributed by atoms with van der Waals surface area (Å²) in [5.74, 6) is 0.858. The normalized spacial score (nSPS) is 26.6. The summed E-state index contributed by atoms with van der Waals surface area (Å²) in [5, 5.41) is 11.6. The van der Waals surface area contributed by atoms with Gasteiger partial charge in [-0.2, -0.15) is 0 Å². The zero-order chi connectivity index (χ0) is 23.5. The summed E-state index contributed by atoms with van der Waals surface area (Å²) in [7, 11) is 0. The molecule has 3 aromatic rings. The number of halogens is 1. The number of benzene rings is 3. The van der Waals surface area contributed by atoms with Crippen LogP contribution in [0.3, 0.4) is 0 Å². The first-order valence-corrected chi connectivity index (χ1v) is 12.1. The van der Waals surface area contributed by atoms with E-state index in [9.17, 15) is 5.11 Å². The van der Waals surface area contributed by atoms with E-state index < -0.39 is 18.5 Å². The maximum atomic E-state index is 10.9. The maximum Gasteiger partial charge on any atom is 0.184 e. The number of ether oxygens (including phenoxy) is 4. The molecule has 0 bridgehead atoms. The summed E-state index contributed by atoms with van der Waals surface area (Å²) in [4.78, 5) is 0. The molecule has 2 aliphatic rings. The first kappa shape index (κ1) is 23.3. The van der Waals surface area contributed by atoms with E-state index in [1.54, 1.807) is 0 Å². The van der Waals surface area contributed by atoms with Gasteiger partial charge in [0.05, 0.1) is 25.4 Å². The molecule has 1 N–H and O–H groups in total. The van der Waals surface area contributed by atoms with Gasteiger partial charge in [0.1, 0.15) is 18.0 Å². The molecular formula is C28H29ClO5. The average molecular weight is 481 g/mol. The monoisotopic (exact) mass is 480 g/mol. The second kappa shape index (κ2) is 10.5. The number of aliphatic hydroxyl groups excluding tert-OH is 1. The highest BCUT2D eigenvalue weighted by atomic mass is 35.5. The topological polar surface area (TPSA) is 57.2 Å². The van der Waals surface area contributed by atoms with E-state index in [4.69, 9.17) is 30.5 Å². The van der Waals surface area contributed by atoms with Gasteiger partial charge in [-0.25, -0.2) is 0 Å². The van der Waals surface area contributed by atoms with Gasteiger partial charge >= 0.3 is 0 Å². The lowest BCUT2D eigenvalue weighted by atomic mass is 9.92. The summed E-state index contributed by atoms with van der Waals surface area (Å²) in [6, 6.07) is 23.8. The summed E-state index contributed by atoms with van der Waals surface area (Å²) in [6.07, 6.45) is -1.01. The number of aliphatic hydroxyl groups is 1. The molecule has 0 spiro atoms. The molecule has 2 fully saturated rings. The molecule has 178 valence electrons. The third-order valence-electron chi connectivity index (χ3n) is 6.38. The van der Waals surface area contributed by atoms with Crippen LogP contribution in [0.25, 0.3) is 0 Å². The van der Waals surface area contributed by atoms with Crippen molar-refractivity contribution >= 4 is 11.6 Å². The van der Waals surface area contributed by atoms with Crippen molar-refractivity contribution in [2.45, 2.75) is 50.5 Å². The van der Waals surface area contributed by atoms with Crippen LogP contribution in [-0.4, -0.2) is 36.6 Å². The maximum absolute atomic E-state index is 10.9. The van der Waals surface area contributed by atoms with Crippen LogP contribution in [0.5, 0.6) is 5.75 Å². The fraction of sp³-hybridized carbons (Fsp3) is 0.357. The van der Waals surface area contributed by atoms with Gasteiger partial charge in [-0.15, -0.1) is 0 Å². The minimum Gasteiger partial charge on any atom is -0.494 e. The molecule has 6 heteroatoms. The quantitative estimate of drug-likeness (QED) is 0.495. The standard InChI is InChI=1S/C28H29ClO5/c1-2-31-22-11-8-18(9-12-22)14-21-15-20(10-13-23(21)29)25-16-24(30)27-26(33-25)17-32-28(34-27)19-6-4-3-5-7-19/h3-13,15,24-28,30H,2,14,16-17H2,1H3/t24?,25?,26?,27-,28?/m0/s1. The van der Waals surface area contributed by atoms with Gasteiger partial charge in [-0.3, -0.25) is 0 Å². The number of hydrogen-bond donors (Lipinski definition) is 1. The Hall–Kier alpha value is -2.41. The van der Waals surface area contributed by atoms with E-state index in [0.29, 0.717) is 31.1 Å². The highest BCUT2D eigenvalue weighted by molar-refractivity contribution is 6.31. The van der Waals surface area contributed by atoms with Crippen molar-refractivity contribution in [1.82, 2.24) is 0 Å². The van der Waals surface area contributed by atoms with Gasteiger partial charge in [0.2, 0.25) is 0 Å². The second-order valence-corrected chi connectivity index (χ2v) is 9.15. The molecule has 0 aliphatic carbocycles. The van der Waals surface area contributed by atoms with Crippen molar-refractivity contribution in [2.24, 2.45) is 0 Å². The first-order valence-electron chi connectivity index (χ1n) is 11.8. The van der Waals surface area contributed by atoms with Gasteiger partial charge in [0, 0.05) is 17.0 Å². The van der Waals surface area contributed by atoms with Crippen molar-refractivity contribution in [3.8, 4) is 5.75 Å². The van der Waals surface area contributed by atoms with Crippen LogP contribution in [0.4, 0.5) is 0 Å². The van der Waals surface area contributed by atoms with Crippen molar-refractivity contribution in [1.29, 1.82) is 0 Å². The van der Waals surface area contributed by atoms with E-state index >= 15 is 0 Å². The zero-order valence-electron chi connectivity index (χ0n) is 19.1. The number of rotatable bonds is 6. The Balaban J connectivity index is 1.28. The summed E-state index contributed by atoms with van der Waals surface area (Å²) >= 11 is 6.52. The predicted octanol–water partition coefficient (Wildman–Crippen LogP) is 5.63. The molecule has 5 nitrogen and oxygen atoms in total. The van der Waals surface area contributed by atoms with Crippen LogP contribution in [0.15, 0.2) is 72.8 Å². The van der Waals surface area contributed by atoms with E-state index in [1.165, 1.54) is 0 Å². The molecule has 0 aromatic heterocycles. The van der Waals surface area contributed by atoms with Crippen molar-refractivity contribution in [2.75, 3.05) is 13.2 Å². The third kappa shape index (κ3) is 5.14. The van der Waals surface area contributed by atoms with Crippen LogP contribution in [0.2, 0.25) is 5.02 Å². The fourth-order valence-corrected chi connectivity index (χ4v) is 4.83. The summed E-state index contributed by atoms with van der Waals surface area (Å²) < 4.78 is 23.9. The highest BCUT2D eigenvalue weighted by Crippen LogP contribution is 2.39. The lowest BCUT2D eigenvalue weighted by Crippen LogP contribution is -2.53. The summed E-state index contributed by atoms with van der Waals surface area (Å²) in [5.41, 5.74) is 4.09. The summed E-state index contributed by atoms with van der Waals surface area (Å²) in [6.45, 7) is 2.98. The molecule has 4 unspecified atom stereocenters. The van der Waals surface area contributed by atoms with Crippen LogP contribution in [0, 0.1) is 0 Å². The first-order chi connectivity index (χ1) is 16.6. The Morgan fingerprint density at radius 1 is 0.971 bits per heavy atom. The van der Waals surface area contributed by atoms with Crippen molar-refractivity contribution in [3.63, 3.8) is 0 Å². The Kier molecular flexibility index (Phi) is 7.18. The lowest BCUT2D eigenvalue weighted by molar-refractivity contribution is -0.311. The molecular weight excluding hydrogens is 452 g/mol. The molecule has 3 aromatic carbocycles. The largest absolute Gasteiger partial charge is 0.494 e. The third-order valence-corrected chi connectivity index (χ3v) is 6.74.